The number of hydrogen-bond acceptors (Lipinski definition) is 2. The summed E-state index contributed by atoms with van der Waals surface area (Å²) in [5.74, 6) is 0.668. The molecule has 19 heavy (non-hydrogen) atoms. The first-order valence-corrected chi connectivity index (χ1v) is 7.17. The summed E-state index contributed by atoms with van der Waals surface area (Å²) in [6.07, 6.45) is 4.71. The standard InChI is InChI=1S/C16H22N2O/c1-17-12-15(14-4-2-3-5-16(14)17)13-6-8-18(9-7-13)10-11-19/h2-5,12-13,19H,6-11H2,1H3. The molecule has 1 aliphatic rings. The number of fused-ring (bicyclic) bond motifs is 1. The van der Waals surface area contributed by atoms with Crippen molar-refractivity contribution in [3.8, 4) is 0 Å². The summed E-state index contributed by atoms with van der Waals surface area (Å²) >= 11 is 0. The highest BCUT2D eigenvalue weighted by molar-refractivity contribution is 5.84. The van der Waals surface area contributed by atoms with Crippen LogP contribution in [0.2, 0.25) is 0 Å². The van der Waals surface area contributed by atoms with Crippen molar-refractivity contribution in [2.24, 2.45) is 7.05 Å². The van der Waals surface area contributed by atoms with Crippen LogP contribution in [0.15, 0.2) is 30.5 Å². The van der Waals surface area contributed by atoms with Gasteiger partial charge in [-0.3, -0.25) is 0 Å². The molecule has 2 heterocycles. The van der Waals surface area contributed by atoms with E-state index in [9.17, 15) is 0 Å². The van der Waals surface area contributed by atoms with Crippen LogP contribution >= 0.6 is 0 Å². The van der Waals surface area contributed by atoms with E-state index >= 15 is 0 Å². The first kappa shape index (κ1) is 12.7. The second-order valence-electron chi connectivity index (χ2n) is 5.55. The lowest BCUT2D eigenvalue weighted by molar-refractivity contribution is 0.164. The van der Waals surface area contributed by atoms with Crippen molar-refractivity contribution in [2.75, 3.05) is 26.2 Å². The minimum Gasteiger partial charge on any atom is -0.395 e. The van der Waals surface area contributed by atoms with Crippen molar-refractivity contribution in [1.29, 1.82) is 0 Å². The van der Waals surface area contributed by atoms with Gasteiger partial charge in [-0.2, -0.15) is 0 Å². The number of aryl methyl sites for hydroxylation is 1. The minimum atomic E-state index is 0.277. The van der Waals surface area contributed by atoms with Gasteiger partial charge < -0.3 is 14.6 Å². The molecule has 0 aliphatic carbocycles. The van der Waals surface area contributed by atoms with Crippen LogP contribution in [0.4, 0.5) is 0 Å². The zero-order valence-electron chi connectivity index (χ0n) is 11.5. The van der Waals surface area contributed by atoms with Gasteiger partial charge in [0.1, 0.15) is 0 Å². The number of aromatic nitrogens is 1. The van der Waals surface area contributed by atoms with Gasteiger partial charge >= 0.3 is 0 Å². The van der Waals surface area contributed by atoms with Gasteiger partial charge in [0.15, 0.2) is 0 Å². The van der Waals surface area contributed by atoms with Crippen LogP contribution in [0.1, 0.15) is 24.3 Å². The quantitative estimate of drug-likeness (QED) is 0.915. The molecular formula is C16H22N2O. The van der Waals surface area contributed by atoms with E-state index in [0.717, 1.165) is 19.6 Å². The molecule has 1 saturated heterocycles. The van der Waals surface area contributed by atoms with Gasteiger partial charge in [0.05, 0.1) is 6.61 Å². The third kappa shape index (κ3) is 2.40. The molecule has 1 aromatic carbocycles. The van der Waals surface area contributed by atoms with E-state index in [0.29, 0.717) is 5.92 Å². The van der Waals surface area contributed by atoms with Gasteiger partial charge in [0, 0.05) is 30.7 Å². The molecule has 3 rings (SSSR count). The van der Waals surface area contributed by atoms with Gasteiger partial charge in [-0.15, -0.1) is 0 Å². The topological polar surface area (TPSA) is 28.4 Å². The number of piperidine rings is 1. The normalized spacial score (nSPS) is 18.2. The number of nitrogens with zero attached hydrogens (tertiary/aromatic N) is 2. The summed E-state index contributed by atoms with van der Waals surface area (Å²) in [6, 6.07) is 8.67. The SMILES string of the molecule is Cn1cc(C2CCN(CCO)CC2)c2ccccc21. The van der Waals surface area contributed by atoms with Crippen LogP contribution in [-0.4, -0.2) is 40.8 Å². The average Bonchev–Trinajstić information content (AvgIpc) is 2.78. The maximum absolute atomic E-state index is 9.00. The van der Waals surface area contributed by atoms with Crippen molar-refractivity contribution < 1.29 is 5.11 Å². The fourth-order valence-electron chi connectivity index (χ4n) is 3.31. The molecular weight excluding hydrogens is 236 g/mol. The Morgan fingerprint density at radius 3 is 2.68 bits per heavy atom. The Bertz CT molecular complexity index is 553. The lowest BCUT2D eigenvalue weighted by atomic mass is 9.89. The molecule has 2 aromatic rings. The number of β-amino-alcohol motifs (C(OH)–C–C–N with tert-alkyl or cyclic N) is 1. The molecule has 1 aromatic heterocycles. The molecule has 0 atom stereocenters. The number of para-hydroxylation sites is 1. The van der Waals surface area contributed by atoms with Crippen molar-refractivity contribution in [2.45, 2.75) is 18.8 Å². The zero-order chi connectivity index (χ0) is 13.2. The van der Waals surface area contributed by atoms with Gasteiger partial charge in [-0.25, -0.2) is 0 Å². The molecule has 102 valence electrons. The van der Waals surface area contributed by atoms with Crippen LogP contribution in [0, 0.1) is 0 Å². The molecule has 1 N–H and O–H groups in total. The summed E-state index contributed by atoms with van der Waals surface area (Å²) < 4.78 is 2.24. The van der Waals surface area contributed by atoms with Gasteiger partial charge in [-0.1, -0.05) is 18.2 Å². The summed E-state index contributed by atoms with van der Waals surface area (Å²) in [7, 11) is 2.13. The molecule has 1 aliphatic heterocycles. The molecule has 3 nitrogen and oxygen atoms in total. The van der Waals surface area contributed by atoms with E-state index in [1.54, 1.807) is 0 Å². The van der Waals surface area contributed by atoms with E-state index in [2.05, 4.69) is 47.0 Å². The molecule has 0 spiro atoms. The van der Waals surface area contributed by atoms with E-state index < -0.39 is 0 Å². The Labute approximate surface area is 114 Å². The van der Waals surface area contributed by atoms with Crippen molar-refractivity contribution >= 4 is 10.9 Å². The minimum absolute atomic E-state index is 0.277. The van der Waals surface area contributed by atoms with Crippen molar-refractivity contribution in [3.05, 3.63) is 36.0 Å². The second kappa shape index (κ2) is 5.35. The lowest BCUT2D eigenvalue weighted by Crippen LogP contribution is -2.34. The highest BCUT2D eigenvalue weighted by atomic mass is 16.3. The molecule has 1 fully saturated rings. The second-order valence-corrected chi connectivity index (χ2v) is 5.55. The summed E-state index contributed by atoms with van der Waals surface area (Å²) in [6.45, 7) is 3.31. The van der Waals surface area contributed by atoms with Crippen LogP contribution in [-0.2, 0) is 7.05 Å². The maximum atomic E-state index is 9.00. The van der Waals surface area contributed by atoms with Crippen LogP contribution < -0.4 is 0 Å². The molecule has 0 radical (unpaired) electrons. The Kier molecular flexibility index (Phi) is 3.58. The molecule has 0 bridgehead atoms. The molecule has 0 amide bonds. The Morgan fingerprint density at radius 2 is 1.95 bits per heavy atom. The van der Waals surface area contributed by atoms with Crippen molar-refractivity contribution in [1.82, 2.24) is 9.47 Å². The number of aliphatic hydroxyl groups excluding tert-OH is 1. The predicted octanol–water partition coefficient (Wildman–Crippen LogP) is 2.35. The summed E-state index contributed by atoms with van der Waals surface area (Å²) in [5.41, 5.74) is 2.83. The number of likely N-dealkylation sites (tertiary alicyclic amines) is 1. The van der Waals surface area contributed by atoms with Gasteiger partial charge in [0.2, 0.25) is 0 Å². The van der Waals surface area contributed by atoms with Gasteiger partial charge in [0.25, 0.3) is 0 Å². The molecule has 0 unspecified atom stereocenters. The molecule has 0 saturated carbocycles. The average molecular weight is 258 g/mol. The monoisotopic (exact) mass is 258 g/mol. The van der Waals surface area contributed by atoms with E-state index in [-0.39, 0.29) is 6.61 Å². The van der Waals surface area contributed by atoms with E-state index in [4.69, 9.17) is 5.11 Å². The Balaban J connectivity index is 1.82. The fraction of sp³-hybridized carbons (Fsp3) is 0.500. The number of rotatable bonds is 3. The molecule has 3 heteroatoms. The van der Waals surface area contributed by atoms with Crippen LogP contribution in [0.25, 0.3) is 10.9 Å². The highest BCUT2D eigenvalue weighted by Gasteiger charge is 2.22. The fourth-order valence-corrected chi connectivity index (χ4v) is 3.31. The maximum Gasteiger partial charge on any atom is 0.0558 e. The summed E-state index contributed by atoms with van der Waals surface area (Å²) in [4.78, 5) is 2.36. The Morgan fingerprint density at radius 1 is 1.21 bits per heavy atom. The van der Waals surface area contributed by atoms with E-state index in [1.165, 1.54) is 29.3 Å². The third-order valence-corrected chi connectivity index (χ3v) is 4.37. The van der Waals surface area contributed by atoms with Gasteiger partial charge in [-0.05, 0) is 43.5 Å². The summed E-state index contributed by atoms with van der Waals surface area (Å²) in [5, 5.41) is 10.4. The highest BCUT2D eigenvalue weighted by Crippen LogP contribution is 2.33. The largest absolute Gasteiger partial charge is 0.395 e. The number of aliphatic hydroxyl groups is 1. The number of hydrogen-bond donors (Lipinski definition) is 1. The van der Waals surface area contributed by atoms with E-state index in [1.807, 2.05) is 0 Å². The third-order valence-electron chi connectivity index (χ3n) is 4.37. The van der Waals surface area contributed by atoms with Crippen LogP contribution in [0.3, 0.4) is 0 Å². The smallest absolute Gasteiger partial charge is 0.0558 e. The number of benzene rings is 1. The first-order valence-electron chi connectivity index (χ1n) is 7.17. The lowest BCUT2D eigenvalue weighted by Gasteiger charge is -2.31. The zero-order valence-corrected chi connectivity index (χ0v) is 11.5. The Hall–Kier alpha value is -1.32. The van der Waals surface area contributed by atoms with Crippen LogP contribution in [0.5, 0.6) is 0 Å². The van der Waals surface area contributed by atoms with Crippen molar-refractivity contribution in [3.63, 3.8) is 0 Å². The first-order chi connectivity index (χ1) is 9.29. The predicted molar refractivity (Wildman–Crippen MR) is 78.4 cm³/mol.